The number of hydrogen-bond acceptors (Lipinski definition) is 3. The zero-order valence-corrected chi connectivity index (χ0v) is 14.9. The number of nitrogens with one attached hydrogen (secondary N) is 1. The summed E-state index contributed by atoms with van der Waals surface area (Å²) in [4.78, 5) is 8.94. The Morgan fingerprint density at radius 1 is 1.33 bits per heavy atom. The minimum atomic E-state index is 0.346. The third-order valence-corrected chi connectivity index (χ3v) is 3.56. The molecule has 0 atom stereocenters. The first-order chi connectivity index (χ1) is 11.7. The predicted octanol–water partition coefficient (Wildman–Crippen LogP) is 4.09. The van der Waals surface area contributed by atoms with Crippen LogP contribution in [-0.2, 0) is 0 Å². The van der Waals surface area contributed by atoms with E-state index in [0.717, 1.165) is 42.1 Å². The lowest BCUT2D eigenvalue weighted by Crippen LogP contribution is -2.23. The summed E-state index contributed by atoms with van der Waals surface area (Å²) in [6.45, 7) is 4.78. The fraction of sp³-hybridized carbons (Fsp3) is 0.263. The number of nitrogens with zero attached hydrogens (tertiary/aromatic N) is 3. The number of dihydropyridines is 1. The number of rotatable bonds is 5. The molecule has 0 radical (unpaired) electrons. The summed E-state index contributed by atoms with van der Waals surface area (Å²) in [5.74, 6) is 0. The van der Waals surface area contributed by atoms with Gasteiger partial charge in [0.15, 0.2) is 0 Å². The van der Waals surface area contributed by atoms with Gasteiger partial charge in [-0.15, -0.1) is 0 Å². The quantitative estimate of drug-likeness (QED) is 0.499. The van der Waals surface area contributed by atoms with Gasteiger partial charge >= 0.3 is 0 Å². The monoisotopic (exact) mass is 338 g/mol. The molecule has 1 N–H and O–H groups in total. The molecule has 0 spiro atoms. The molecule has 4 nitrogen and oxygen atoms in total. The third kappa shape index (κ3) is 5.35. The van der Waals surface area contributed by atoms with E-state index in [2.05, 4.69) is 26.6 Å². The largest absolute Gasteiger partial charge is 0.283 e. The van der Waals surface area contributed by atoms with Crippen molar-refractivity contribution in [2.24, 2.45) is 15.1 Å². The lowest BCUT2D eigenvalue weighted by molar-refractivity contribution is 0.993. The van der Waals surface area contributed by atoms with Gasteiger partial charge in [0, 0.05) is 17.8 Å². The van der Waals surface area contributed by atoms with Crippen molar-refractivity contribution in [2.45, 2.75) is 26.7 Å². The summed E-state index contributed by atoms with van der Waals surface area (Å²) >= 11 is 5.28. The van der Waals surface area contributed by atoms with Crippen molar-refractivity contribution < 1.29 is 0 Å². The van der Waals surface area contributed by atoms with Crippen LogP contribution in [0.25, 0.3) is 0 Å². The predicted molar refractivity (Wildman–Crippen MR) is 107 cm³/mol. The van der Waals surface area contributed by atoms with Crippen LogP contribution in [0.2, 0.25) is 0 Å². The van der Waals surface area contributed by atoms with Gasteiger partial charge in [-0.25, -0.2) is 4.99 Å². The molecule has 0 fully saturated rings. The van der Waals surface area contributed by atoms with Crippen molar-refractivity contribution in [3.05, 3.63) is 60.2 Å². The van der Waals surface area contributed by atoms with Crippen molar-refractivity contribution >= 4 is 34.5 Å². The molecular weight excluding hydrogens is 316 g/mol. The van der Waals surface area contributed by atoms with Gasteiger partial charge in [-0.05, 0) is 44.1 Å². The maximum Gasteiger partial charge on any atom is 0.213 e. The molecule has 1 aliphatic heterocycles. The first-order valence-corrected chi connectivity index (χ1v) is 8.50. The van der Waals surface area contributed by atoms with Crippen molar-refractivity contribution in [3.8, 4) is 0 Å². The highest BCUT2D eigenvalue weighted by Crippen LogP contribution is 2.07. The number of hydrazone groups is 1. The second-order valence-electron chi connectivity index (χ2n) is 5.16. The average molecular weight is 338 g/mol. The summed E-state index contributed by atoms with van der Waals surface area (Å²) < 4.78 is 0. The van der Waals surface area contributed by atoms with Crippen LogP contribution in [0.1, 0.15) is 32.3 Å². The van der Waals surface area contributed by atoms with Crippen LogP contribution in [0.4, 0.5) is 0 Å². The number of benzene rings is 1. The Morgan fingerprint density at radius 2 is 2.12 bits per heavy atom. The van der Waals surface area contributed by atoms with E-state index < -0.39 is 0 Å². The van der Waals surface area contributed by atoms with Gasteiger partial charge in [-0.2, -0.15) is 5.10 Å². The molecule has 1 heterocycles. The number of hydrogen-bond donors (Lipinski definition) is 1. The van der Waals surface area contributed by atoms with E-state index in [1.165, 1.54) is 0 Å². The summed E-state index contributed by atoms with van der Waals surface area (Å²) in [5, 5.41) is 4.82. The first-order valence-electron chi connectivity index (χ1n) is 8.09. The van der Waals surface area contributed by atoms with E-state index in [0.29, 0.717) is 5.11 Å². The summed E-state index contributed by atoms with van der Waals surface area (Å²) in [6.07, 6.45) is 9.79. The van der Waals surface area contributed by atoms with Gasteiger partial charge in [-0.3, -0.25) is 10.4 Å². The average Bonchev–Trinajstić information content (AvgIpc) is 2.63. The maximum absolute atomic E-state index is 5.28. The van der Waals surface area contributed by atoms with Crippen LogP contribution in [0.3, 0.4) is 0 Å². The van der Waals surface area contributed by atoms with Gasteiger partial charge in [0.25, 0.3) is 0 Å². The lowest BCUT2D eigenvalue weighted by Gasteiger charge is -2.10. The fourth-order valence-corrected chi connectivity index (χ4v) is 2.38. The van der Waals surface area contributed by atoms with E-state index in [1.807, 2.05) is 62.4 Å². The Hall–Kier alpha value is -2.40. The second-order valence-corrected chi connectivity index (χ2v) is 5.54. The van der Waals surface area contributed by atoms with Gasteiger partial charge in [-0.1, -0.05) is 49.4 Å². The summed E-state index contributed by atoms with van der Waals surface area (Å²) in [7, 11) is 0. The number of allylic oxidation sites excluding steroid dienone is 3. The van der Waals surface area contributed by atoms with E-state index in [-0.39, 0.29) is 0 Å². The van der Waals surface area contributed by atoms with Crippen LogP contribution in [0.15, 0.2) is 69.7 Å². The molecule has 0 unspecified atom stereocenters. The SMILES string of the molecule is C/C=C\C(CC)=NC(=S)N/N=C(\C1=NCCC=C1)c1ccccc1. The topological polar surface area (TPSA) is 49.1 Å². The Balaban J connectivity index is 2.24. The molecule has 24 heavy (non-hydrogen) atoms. The van der Waals surface area contributed by atoms with Crippen LogP contribution in [-0.4, -0.2) is 28.8 Å². The van der Waals surface area contributed by atoms with E-state index in [1.54, 1.807) is 0 Å². The van der Waals surface area contributed by atoms with E-state index >= 15 is 0 Å². The number of thiocarbonyl (C=S) groups is 1. The van der Waals surface area contributed by atoms with Crippen LogP contribution < -0.4 is 5.43 Å². The second kappa shape index (κ2) is 9.67. The smallest absolute Gasteiger partial charge is 0.213 e. The van der Waals surface area contributed by atoms with Gasteiger partial charge in [0.1, 0.15) is 5.71 Å². The van der Waals surface area contributed by atoms with E-state index in [9.17, 15) is 0 Å². The van der Waals surface area contributed by atoms with Gasteiger partial charge in [0.2, 0.25) is 5.11 Å². The molecule has 0 bridgehead atoms. The number of aliphatic imine (C=N–C) groups is 2. The molecule has 1 aromatic rings. The third-order valence-electron chi connectivity index (χ3n) is 3.37. The van der Waals surface area contributed by atoms with Crippen molar-refractivity contribution in [2.75, 3.05) is 6.54 Å². The molecule has 0 aromatic heterocycles. The summed E-state index contributed by atoms with van der Waals surface area (Å²) in [6, 6.07) is 9.96. The Labute approximate surface area is 148 Å². The van der Waals surface area contributed by atoms with Crippen molar-refractivity contribution in [1.29, 1.82) is 0 Å². The normalized spacial score (nSPS) is 15.5. The molecule has 1 aromatic carbocycles. The van der Waals surface area contributed by atoms with Crippen LogP contribution in [0.5, 0.6) is 0 Å². The molecule has 0 aliphatic carbocycles. The van der Waals surface area contributed by atoms with Gasteiger partial charge < -0.3 is 0 Å². The minimum absolute atomic E-state index is 0.346. The highest BCUT2D eigenvalue weighted by Gasteiger charge is 2.11. The lowest BCUT2D eigenvalue weighted by atomic mass is 10.0. The van der Waals surface area contributed by atoms with E-state index in [4.69, 9.17) is 12.2 Å². The van der Waals surface area contributed by atoms with Crippen molar-refractivity contribution in [1.82, 2.24) is 5.43 Å². The Bertz CT molecular complexity index is 712. The molecule has 2 rings (SSSR count). The zero-order valence-electron chi connectivity index (χ0n) is 14.1. The minimum Gasteiger partial charge on any atom is -0.283 e. The molecule has 1 aliphatic rings. The fourth-order valence-electron chi connectivity index (χ4n) is 2.21. The molecule has 124 valence electrons. The first kappa shape index (κ1) is 17.9. The Morgan fingerprint density at radius 3 is 2.75 bits per heavy atom. The molecule has 5 heteroatoms. The maximum atomic E-state index is 5.28. The molecular formula is C19H22N4S. The molecule has 0 saturated heterocycles. The van der Waals surface area contributed by atoms with Gasteiger partial charge in [0.05, 0.1) is 5.71 Å². The highest BCUT2D eigenvalue weighted by atomic mass is 32.1. The highest BCUT2D eigenvalue weighted by molar-refractivity contribution is 7.80. The zero-order chi connectivity index (χ0) is 17.2. The van der Waals surface area contributed by atoms with Crippen LogP contribution in [0, 0.1) is 0 Å². The van der Waals surface area contributed by atoms with Crippen LogP contribution >= 0.6 is 12.2 Å². The van der Waals surface area contributed by atoms with Crippen molar-refractivity contribution in [3.63, 3.8) is 0 Å². The summed E-state index contributed by atoms with van der Waals surface area (Å²) in [5.41, 5.74) is 6.42. The molecule has 0 amide bonds. The standard InChI is InChI=1S/C19H22N4S/c1-3-10-16(4-2)21-19(24)23-22-18(15-11-6-5-7-12-15)17-13-8-9-14-20-17/h3,5-8,10-13H,4,9,14H2,1-2H3,(H,23,24)/b10-3-,21-16?,22-18-. The molecule has 0 saturated carbocycles. The Kier molecular flexibility index (Phi) is 7.23.